The average molecular weight is 447 g/mol. The fourth-order valence-corrected chi connectivity index (χ4v) is 4.49. The summed E-state index contributed by atoms with van der Waals surface area (Å²) >= 11 is 0. The number of rotatable bonds is 12. The minimum Gasteiger partial charge on any atom is -0.481 e. The molecule has 6 atom stereocenters. The maximum Gasteiger partial charge on any atom is 0.307 e. The van der Waals surface area contributed by atoms with Crippen LogP contribution in [-0.4, -0.2) is 70.7 Å². The molecule has 0 aromatic carbocycles. The molecule has 2 saturated carbocycles. The SMILES string of the molecule is O=C(O)C1CC([N+](=O)[O-])CCC1C(=O)NCCCNOCC1CCC(O)CC1COO. The third-order valence-corrected chi connectivity index (χ3v) is 6.33. The monoisotopic (exact) mass is 447 g/mol. The van der Waals surface area contributed by atoms with Crippen LogP contribution in [0, 0.1) is 33.8 Å². The van der Waals surface area contributed by atoms with Crippen molar-refractivity contribution in [1.29, 1.82) is 0 Å². The maximum atomic E-state index is 12.4. The Hall–Kier alpha value is -1.86. The normalized spacial score (nSPS) is 31.2. The molecule has 2 aliphatic rings. The molecule has 178 valence electrons. The van der Waals surface area contributed by atoms with Crippen molar-refractivity contribution in [2.24, 2.45) is 23.7 Å². The molecule has 1 amide bonds. The van der Waals surface area contributed by atoms with Crippen LogP contribution in [0.1, 0.15) is 44.9 Å². The van der Waals surface area contributed by atoms with Gasteiger partial charge >= 0.3 is 5.97 Å². The number of nitrogens with zero attached hydrogens (tertiary/aromatic N) is 1. The number of carboxylic acids is 1. The Bertz CT molecular complexity index is 606. The minimum atomic E-state index is -1.18. The van der Waals surface area contributed by atoms with Gasteiger partial charge in [-0.2, -0.15) is 0 Å². The largest absolute Gasteiger partial charge is 0.481 e. The highest BCUT2D eigenvalue weighted by molar-refractivity contribution is 5.84. The fraction of sp³-hybridized carbons (Fsp3) is 0.895. The summed E-state index contributed by atoms with van der Waals surface area (Å²) in [7, 11) is 0. The first-order valence-corrected chi connectivity index (χ1v) is 10.8. The lowest BCUT2D eigenvalue weighted by molar-refractivity contribution is -0.528. The molecule has 2 aliphatic carbocycles. The van der Waals surface area contributed by atoms with E-state index in [4.69, 9.17) is 10.1 Å². The van der Waals surface area contributed by atoms with E-state index in [1.54, 1.807) is 0 Å². The summed E-state index contributed by atoms with van der Waals surface area (Å²) in [4.78, 5) is 44.0. The first-order chi connectivity index (χ1) is 14.8. The second-order valence-corrected chi connectivity index (χ2v) is 8.44. The van der Waals surface area contributed by atoms with Crippen LogP contribution in [0.4, 0.5) is 0 Å². The van der Waals surface area contributed by atoms with Crippen LogP contribution >= 0.6 is 0 Å². The number of hydroxylamine groups is 1. The van der Waals surface area contributed by atoms with Crippen molar-refractivity contribution in [3.05, 3.63) is 10.1 Å². The van der Waals surface area contributed by atoms with Crippen LogP contribution in [0.15, 0.2) is 0 Å². The summed E-state index contributed by atoms with van der Waals surface area (Å²) in [5.74, 6) is -3.20. The molecule has 0 saturated heterocycles. The van der Waals surface area contributed by atoms with Crippen molar-refractivity contribution in [3.8, 4) is 0 Å². The number of hydrogen-bond acceptors (Lipinski definition) is 9. The molecule has 5 N–H and O–H groups in total. The van der Waals surface area contributed by atoms with Gasteiger partial charge in [-0.3, -0.25) is 25.0 Å². The zero-order valence-electron chi connectivity index (χ0n) is 17.5. The van der Waals surface area contributed by atoms with E-state index in [1.807, 2.05) is 0 Å². The van der Waals surface area contributed by atoms with Crippen molar-refractivity contribution >= 4 is 11.9 Å². The van der Waals surface area contributed by atoms with Gasteiger partial charge in [0.15, 0.2) is 0 Å². The number of hydrogen-bond donors (Lipinski definition) is 5. The van der Waals surface area contributed by atoms with Crippen molar-refractivity contribution in [1.82, 2.24) is 10.8 Å². The van der Waals surface area contributed by atoms with Gasteiger partial charge in [-0.1, -0.05) is 0 Å². The molecular formula is C19H33N3O9. The summed E-state index contributed by atoms with van der Waals surface area (Å²) in [6.07, 6.45) is 2.44. The molecule has 0 radical (unpaired) electrons. The Morgan fingerprint density at radius 1 is 1.03 bits per heavy atom. The fourth-order valence-electron chi connectivity index (χ4n) is 4.49. The van der Waals surface area contributed by atoms with E-state index in [0.717, 1.165) is 6.42 Å². The van der Waals surface area contributed by atoms with Gasteiger partial charge in [-0.05, 0) is 43.9 Å². The second kappa shape index (κ2) is 12.9. The van der Waals surface area contributed by atoms with E-state index in [-0.39, 0.29) is 49.7 Å². The summed E-state index contributed by atoms with van der Waals surface area (Å²) in [5.41, 5.74) is 2.82. The highest BCUT2D eigenvalue weighted by Crippen LogP contribution is 2.32. The number of aliphatic hydroxyl groups is 1. The van der Waals surface area contributed by atoms with Gasteiger partial charge in [-0.25, -0.2) is 10.4 Å². The molecule has 0 aromatic rings. The highest BCUT2D eigenvalue weighted by Gasteiger charge is 2.43. The smallest absolute Gasteiger partial charge is 0.307 e. The van der Waals surface area contributed by atoms with Gasteiger partial charge < -0.3 is 20.4 Å². The first kappa shape index (κ1) is 25.4. The van der Waals surface area contributed by atoms with Crippen molar-refractivity contribution in [2.75, 3.05) is 26.3 Å². The van der Waals surface area contributed by atoms with Crippen molar-refractivity contribution in [3.63, 3.8) is 0 Å². The molecule has 2 fully saturated rings. The Balaban J connectivity index is 1.62. The number of aliphatic carboxylic acids is 1. The van der Waals surface area contributed by atoms with Gasteiger partial charge in [0, 0.05) is 30.9 Å². The molecule has 6 unspecified atom stereocenters. The molecular weight excluding hydrogens is 414 g/mol. The lowest BCUT2D eigenvalue weighted by atomic mass is 9.76. The predicted octanol–water partition coefficient (Wildman–Crippen LogP) is 0.427. The zero-order valence-corrected chi connectivity index (χ0v) is 17.5. The van der Waals surface area contributed by atoms with E-state index in [1.165, 1.54) is 0 Å². The predicted molar refractivity (Wildman–Crippen MR) is 106 cm³/mol. The van der Waals surface area contributed by atoms with E-state index in [0.29, 0.717) is 39.0 Å². The van der Waals surface area contributed by atoms with Crippen LogP contribution in [0.5, 0.6) is 0 Å². The number of carboxylic acid groups (broad SMARTS) is 1. The van der Waals surface area contributed by atoms with Gasteiger partial charge in [0.2, 0.25) is 11.9 Å². The molecule has 31 heavy (non-hydrogen) atoms. The van der Waals surface area contributed by atoms with Crippen LogP contribution < -0.4 is 10.8 Å². The summed E-state index contributed by atoms with van der Waals surface area (Å²) in [6, 6.07) is -0.914. The van der Waals surface area contributed by atoms with Crippen LogP contribution in [0.2, 0.25) is 0 Å². The standard InChI is InChI=1S/C19H33N3O9/c23-15-4-2-12(13(8-15)11-31-29)10-30-21-7-1-6-20-18(24)16-5-3-14(22(27)28)9-17(16)19(25)26/h12-17,21,23,29H,1-11H2,(H,20,24)(H,25,26). The highest BCUT2D eigenvalue weighted by atomic mass is 17.1. The van der Waals surface area contributed by atoms with E-state index >= 15 is 0 Å². The molecule has 12 heteroatoms. The summed E-state index contributed by atoms with van der Waals surface area (Å²) < 4.78 is 0. The lowest BCUT2D eigenvalue weighted by Crippen LogP contribution is -2.44. The number of nitrogens with one attached hydrogen (secondary N) is 2. The zero-order chi connectivity index (χ0) is 22.8. The van der Waals surface area contributed by atoms with Gasteiger partial charge in [-0.15, -0.1) is 0 Å². The quantitative estimate of drug-likeness (QED) is 0.122. The number of nitro groups is 1. The molecule has 0 aliphatic heterocycles. The molecule has 0 heterocycles. The second-order valence-electron chi connectivity index (χ2n) is 8.44. The first-order valence-electron chi connectivity index (χ1n) is 10.8. The van der Waals surface area contributed by atoms with Crippen LogP contribution in [-0.2, 0) is 19.3 Å². The molecule has 2 rings (SSSR count). The maximum absolute atomic E-state index is 12.4. The lowest BCUT2D eigenvalue weighted by Gasteiger charge is -2.33. The number of carbonyl (C=O) groups excluding carboxylic acids is 1. The Morgan fingerprint density at radius 3 is 2.48 bits per heavy atom. The van der Waals surface area contributed by atoms with Crippen molar-refractivity contribution in [2.45, 2.75) is 57.1 Å². The number of amides is 1. The van der Waals surface area contributed by atoms with Crippen LogP contribution in [0.3, 0.4) is 0 Å². The Morgan fingerprint density at radius 2 is 1.81 bits per heavy atom. The third kappa shape index (κ3) is 7.96. The Kier molecular flexibility index (Phi) is 10.5. The molecule has 12 nitrogen and oxygen atoms in total. The summed E-state index contributed by atoms with van der Waals surface area (Å²) in [6.45, 7) is 1.35. The van der Waals surface area contributed by atoms with Gasteiger partial charge in [0.25, 0.3) is 0 Å². The molecule has 0 bridgehead atoms. The van der Waals surface area contributed by atoms with Gasteiger partial charge in [0.05, 0.1) is 31.2 Å². The summed E-state index contributed by atoms with van der Waals surface area (Å²) in [5, 5.41) is 41.4. The molecule has 0 aromatic heterocycles. The number of aliphatic hydroxyl groups excluding tert-OH is 1. The Labute approximate surface area is 180 Å². The van der Waals surface area contributed by atoms with E-state index in [2.05, 4.69) is 15.7 Å². The van der Waals surface area contributed by atoms with Crippen LogP contribution in [0.25, 0.3) is 0 Å². The van der Waals surface area contributed by atoms with E-state index < -0.39 is 28.8 Å². The van der Waals surface area contributed by atoms with Gasteiger partial charge in [0.1, 0.15) is 0 Å². The van der Waals surface area contributed by atoms with Crippen molar-refractivity contribution < 1.29 is 39.7 Å². The molecule has 0 spiro atoms. The average Bonchev–Trinajstić information content (AvgIpc) is 2.73. The third-order valence-electron chi connectivity index (χ3n) is 6.33. The number of carbonyl (C=O) groups is 2. The minimum absolute atomic E-state index is 0.0161. The topological polar surface area (TPSA) is 180 Å². The van der Waals surface area contributed by atoms with E-state index in [9.17, 15) is 29.9 Å².